The van der Waals surface area contributed by atoms with Gasteiger partial charge in [-0.2, -0.15) is 0 Å². The summed E-state index contributed by atoms with van der Waals surface area (Å²) in [5.41, 5.74) is 1.29. The van der Waals surface area contributed by atoms with Gasteiger partial charge in [-0.1, -0.05) is 36.8 Å². The maximum atomic E-state index is 11.8. The van der Waals surface area contributed by atoms with Gasteiger partial charge in [0, 0.05) is 32.7 Å². The van der Waals surface area contributed by atoms with Crippen molar-refractivity contribution in [2.45, 2.75) is 25.8 Å². The first-order valence-corrected chi connectivity index (χ1v) is 8.70. The van der Waals surface area contributed by atoms with Gasteiger partial charge in [-0.3, -0.25) is 0 Å². The molecule has 2 rings (SSSR count). The second kappa shape index (κ2) is 10.2. The molecule has 0 spiro atoms. The molecule has 5 nitrogen and oxygen atoms in total. The predicted molar refractivity (Wildman–Crippen MR) is 94.5 cm³/mol. The van der Waals surface area contributed by atoms with Gasteiger partial charge in [0.1, 0.15) is 0 Å². The van der Waals surface area contributed by atoms with Crippen molar-refractivity contribution in [1.29, 1.82) is 0 Å². The summed E-state index contributed by atoms with van der Waals surface area (Å²) in [6, 6.07) is 10.3. The number of hydrogen-bond acceptors (Lipinski definition) is 3. The summed E-state index contributed by atoms with van der Waals surface area (Å²) in [6.45, 7) is 6.45. The summed E-state index contributed by atoms with van der Waals surface area (Å²) in [7, 11) is 2.07. The third-order valence-corrected chi connectivity index (χ3v) is 4.24. The summed E-state index contributed by atoms with van der Waals surface area (Å²) >= 11 is 0. The van der Waals surface area contributed by atoms with E-state index in [1.54, 1.807) is 0 Å². The molecule has 1 aliphatic heterocycles. The van der Waals surface area contributed by atoms with Crippen LogP contribution in [0.1, 0.15) is 24.8 Å². The molecule has 2 N–H and O–H groups in total. The van der Waals surface area contributed by atoms with Crippen molar-refractivity contribution in [3.05, 3.63) is 35.9 Å². The maximum Gasteiger partial charge on any atom is 0.314 e. The van der Waals surface area contributed by atoms with Gasteiger partial charge in [-0.15, -0.1) is 0 Å². The van der Waals surface area contributed by atoms with Gasteiger partial charge in [0.15, 0.2) is 0 Å². The van der Waals surface area contributed by atoms with Crippen LogP contribution in [-0.4, -0.2) is 62.1 Å². The molecule has 0 saturated carbocycles. The second-order valence-corrected chi connectivity index (χ2v) is 6.31. The largest absolute Gasteiger partial charge is 0.337 e. The number of amides is 2. The fraction of sp³-hybridized carbons (Fsp3) is 0.611. The van der Waals surface area contributed by atoms with Gasteiger partial charge in [0.05, 0.1) is 0 Å². The number of urea groups is 1. The highest BCUT2D eigenvalue weighted by Crippen LogP contribution is 2.07. The Morgan fingerprint density at radius 2 is 1.78 bits per heavy atom. The summed E-state index contributed by atoms with van der Waals surface area (Å²) in [5.74, 6) is 0. The third kappa shape index (κ3) is 7.48. The van der Waals surface area contributed by atoms with Gasteiger partial charge in [0.25, 0.3) is 0 Å². The van der Waals surface area contributed by atoms with E-state index in [0.29, 0.717) is 6.54 Å². The van der Waals surface area contributed by atoms with Crippen LogP contribution in [0.5, 0.6) is 0 Å². The molecule has 0 unspecified atom stereocenters. The molecule has 1 saturated heterocycles. The fourth-order valence-corrected chi connectivity index (χ4v) is 2.91. The summed E-state index contributed by atoms with van der Waals surface area (Å²) in [4.78, 5) is 16.4. The van der Waals surface area contributed by atoms with Crippen molar-refractivity contribution in [3.8, 4) is 0 Å². The minimum absolute atomic E-state index is 0.0601. The van der Waals surface area contributed by atoms with Crippen LogP contribution in [0.4, 0.5) is 4.79 Å². The number of carbonyl (C=O) groups excluding carboxylic acids is 1. The molecule has 0 aliphatic carbocycles. The molecule has 128 valence electrons. The van der Waals surface area contributed by atoms with E-state index in [1.807, 2.05) is 6.07 Å². The lowest BCUT2D eigenvalue weighted by Gasteiger charge is -2.26. The second-order valence-electron chi connectivity index (χ2n) is 6.31. The molecule has 1 aromatic carbocycles. The van der Waals surface area contributed by atoms with Crippen molar-refractivity contribution in [1.82, 2.24) is 20.4 Å². The number of nitrogens with zero attached hydrogens (tertiary/aromatic N) is 2. The van der Waals surface area contributed by atoms with E-state index in [0.717, 1.165) is 26.2 Å². The first kappa shape index (κ1) is 17.8. The van der Waals surface area contributed by atoms with Gasteiger partial charge >= 0.3 is 6.03 Å². The van der Waals surface area contributed by atoms with Gasteiger partial charge in [-0.25, -0.2) is 4.79 Å². The maximum absolute atomic E-state index is 11.8. The van der Waals surface area contributed by atoms with Gasteiger partial charge < -0.3 is 20.4 Å². The van der Waals surface area contributed by atoms with E-state index >= 15 is 0 Å². The third-order valence-electron chi connectivity index (χ3n) is 4.24. The smallest absolute Gasteiger partial charge is 0.314 e. The molecule has 0 aromatic heterocycles. The Kier molecular flexibility index (Phi) is 7.90. The minimum Gasteiger partial charge on any atom is -0.337 e. The normalized spacial score (nSPS) is 15.6. The molecule has 2 amide bonds. The Morgan fingerprint density at radius 3 is 2.52 bits per heavy atom. The average Bonchev–Trinajstić information content (AvgIpc) is 2.57. The molecule has 1 fully saturated rings. The lowest BCUT2D eigenvalue weighted by atomic mass is 10.1. The Hall–Kier alpha value is -1.59. The highest BCUT2D eigenvalue weighted by atomic mass is 16.2. The highest BCUT2D eigenvalue weighted by molar-refractivity contribution is 5.73. The molecule has 5 heteroatoms. The number of nitrogens with one attached hydrogen (secondary N) is 2. The lowest BCUT2D eigenvalue weighted by molar-refractivity contribution is 0.219. The number of hydrogen-bond donors (Lipinski definition) is 2. The van der Waals surface area contributed by atoms with E-state index in [1.165, 1.54) is 37.9 Å². The van der Waals surface area contributed by atoms with E-state index in [9.17, 15) is 4.79 Å². The molecule has 0 bridgehead atoms. The van der Waals surface area contributed by atoms with Crippen LogP contribution in [0.25, 0.3) is 0 Å². The standard InChI is InChI=1S/C18H30N4O/c1-21(16-17-8-4-2-5-9-17)14-10-19-18(23)20-11-15-22-12-6-3-7-13-22/h2,4-5,8-9H,3,6-7,10-16H2,1H3,(H2,19,20,23). The zero-order valence-corrected chi connectivity index (χ0v) is 14.3. The first-order chi connectivity index (χ1) is 11.2. The van der Waals surface area contributed by atoms with Crippen molar-refractivity contribution < 1.29 is 4.79 Å². The Balaban J connectivity index is 1.50. The van der Waals surface area contributed by atoms with Crippen LogP contribution >= 0.6 is 0 Å². The predicted octanol–water partition coefficient (Wildman–Crippen LogP) is 1.90. The van der Waals surface area contributed by atoms with Gasteiger partial charge in [0.2, 0.25) is 0 Å². The number of likely N-dealkylation sites (tertiary alicyclic amines) is 1. The Bertz CT molecular complexity index is 446. The summed E-state index contributed by atoms with van der Waals surface area (Å²) < 4.78 is 0. The van der Waals surface area contributed by atoms with Crippen molar-refractivity contribution in [2.24, 2.45) is 0 Å². The van der Waals surface area contributed by atoms with Gasteiger partial charge in [-0.05, 0) is 38.5 Å². The van der Waals surface area contributed by atoms with Crippen molar-refractivity contribution in [3.63, 3.8) is 0 Å². The minimum atomic E-state index is -0.0601. The van der Waals surface area contributed by atoms with Crippen LogP contribution < -0.4 is 10.6 Å². The molecule has 23 heavy (non-hydrogen) atoms. The van der Waals surface area contributed by atoms with E-state index < -0.39 is 0 Å². The fourth-order valence-electron chi connectivity index (χ4n) is 2.91. The number of benzene rings is 1. The quantitative estimate of drug-likeness (QED) is 0.770. The van der Waals surface area contributed by atoms with E-state index in [2.05, 4.69) is 51.7 Å². The van der Waals surface area contributed by atoms with Crippen LogP contribution in [-0.2, 0) is 6.54 Å². The highest BCUT2D eigenvalue weighted by Gasteiger charge is 2.09. The number of likely N-dealkylation sites (N-methyl/N-ethyl adjacent to an activating group) is 1. The summed E-state index contributed by atoms with van der Waals surface area (Å²) in [6.07, 6.45) is 3.93. The van der Waals surface area contributed by atoms with Crippen molar-refractivity contribution >= 4 is 6.03 Å². The monoisotopic (exact) mass is 318 g/mol. The van der Waals surface area contributed by atoms with E-state index in [4.69, 9.17) is 0 Å². The Morgan fingerprint density at radius 1 is 1.09 bits per heavy atom. The summed E-state index contributed by atoms with van der Waals surface area (Å²) in [5, 5.41) is 5.87. The number of carbonyl (C=O) groups is 1. The van der Waals surface area contributed by atoms with Crippen molar-refractivity contribution in [2.75, 3.05) is 46.3 Å². The van der Waals surface area contributed by atoms with Crippen LogP contribution in [0.15, 0.2) is 30.3 Å². The Labute approximate surface area is 140 Å². The average molecular weight is 318 g/mol. The first-order valence-electron chi connectivity index (χ1n) is 8.70. The van der Waals surface area contributed by atoms with Crippen LogP contribution in [0.2, 0.25) is 0 Å². The van der Waals surface area contributed by atoms with E-state index in [-0.39, 0.29) is 6.03 Å². The number of rotatable bonds is 8. The molecule has 1 aliphatic rings. The molecular weight excluding hydrogens is 288 g/mol. The molecular formula is C18H30N4O. The molecule has 0 atom stereocenters. The zero-order valence-electron chi connectivity index (χ0n) is 14.3. The lowest BCUT2D eigenvalue weighted by Crippen LogP contribution is -2.43. The SMILES string of the molecule is CN(CCNC(=O)NCCN1CCCCC1)Cc1ccccc1. The molecule has 1 aromatic rings. The zero-order chi connectivity index (χ0) is 16.3. The topological polar surface area (TPSA) is 47.6 Å². The van der Waals surface area contributed by atoms with Crippen LogP contribution in [0, 0.1) is 0 Å². The molecule has 1 heterocycles. The molecule has 0 radical (unpaired) electrons. The number of piperidine rings is 1. The van der Waals surface area contributed by atoms with Crippen LogP contribution in [0.3, 0.4) is 0 Å².